The Morgan fingerprint density at radius 3 is 2.86 bits per heavy atom. The predicted molar refractivity (Wildman–Crippen MR) is 87.8 cm³/mol. The molecule has 0 radical (unpaired) electrons. The number of likely N-dealkylation sites (N-methyl/N-ethyl adjacent to an activating group) is 1. The van der Waals surface area contributed by atoms with Gasteiger partial charge in [-0.05, 0) is 57.5 Å². The maximum atomic E-state index is 4.80. The van der Waals surface area contributed by atoms with Gasteiger partial charge in [0.1, 0.15) is 5.82 Å². The SMILES string of the molecule is CCNCc1cc(C)nc(N2CCC3CCC(C2)N3C)c1. The zero-order chi connectivity index (χ0) is 14.8. The Hall–Kier alpha value is -1.13. The van der Waals surface area contributed by atoms with Crippen LogP contribution in [-0.4, -0.2) is 48.6 Å². The molecule has 2 aliphatic rings. The van der Waals surface area contributed by atoms with E-state index >= 15 is 0 Å². The van der Waals surface area contributed by atoms with Crippen molar-refractivity contribution in [1.29, 1.82) is 0 Å². The minimum Gasteiger partial charge on any atom is -0.355 e. The normalized spacial score (nSPS) is 26.1. The van der Waals surface area contributed by atoms with E-state index in [1.165, 1.54) is 30.6 Å². The van der Waals surface area contributed by atoms with Crippen molar-refractivity contribution < 1.29 is 0 Å². The number of anilines is 1. The van der Waals surface area contributed by atoms with Gasteiger partial charge in [0.15, 0.2) is 0 Å². The number of pyridine rings is 1. The molecule has 0 amide bonds. The molecule has 116 valence electrons. The van der Waals surface area contributed by atoms with Crippen LogP contribution in [0, 0.1) is 6.92 Å². The average molecular weight is 288 g/mol. The molecule has 3 rings (SSSR count). The third-order valence-electron chi connectivity index (χ3n) is 5.05. The lowest BCUT2D eigenvalue weighted by Crippen LogP contribution is -2.37. The van der Waals surface area contributed by atoms with Gasteiger partial charge in [-0.25, -0.2) is 4.98 Å². The second kappa shape index (κ2) is 6.32. The molecule has 1 aromatic heterocycles. The largest absolute Gasteiger partial charge is 0.355 e. The molecule has 2 fully saturated rings. The van der Waals surface area contributed by atoms with Crippen LogP contribution in [0.3, 0.4) is 0 Å². The van der Waals surface area contributed by atoms with E-state index in [9.17, 15) is 0 Å². The van der Waals surface area contributed by atoms with Gasteiger partial charge in [-0.2, -0.15) is 0 Å². The Balaban J connectivity index is 1.78. The fourth-order valence-electron chi connectivity index (χ4n) is 3.77. The average Bonchev–Trinajstić information content (AvgIpc) is 2.69. The van der Waals surface area contributed by atoms with Crippen LogP contribution in [0.15, 0.2) is 12.1 Å². The van der Waals surface area contributed by atoms with Crippen LogP contribution < -0.4 is 10.2 Å². The van der Waals surface area contributed by atoms with Crippen molar-refractivity contribution in [2.75, 3.05) is 31.6 Å². The minimum absolute atomic E-state index is 0.706. The molecule has 21 heavy (non-hydrogen) atoms. The topological polar surface area (TPSA) is 31.4 Å². The first kappa shape index (κ1) is 14.8. The van der Waals surface area contributed by atoms with Crippen LogP contribution in [0.2, 0.25) is 0 Å². The molecular formula is C17H28N4. The number of nitrogens with one attached hydrogen (secondary N) is 1. The standard InChI is InChI=1S/C17H28N4/c1-4-18-11-14-9-13(2)19-17(10-14)21-8-7-15-5-6-16(12-21)20(15)3/h9-10,15-16,18H,4-8,11-12H2,1-3H3. The Morgan fingerprint density at radius 2 is 2.05 bits per heavy atom. The van der Waals surface area contributed by atoms with Crippen molar-refractivity contribution in [1.82, 2.24) is 15.2 Å². The molecule has 0 aromatic carbocycles. The number of hydrogen-bond donors (Lipinski definition) is 1. The molecule has 2 bridgehead atoms. The number of aryl methyl sites for hydroxylation is 1. The van der Waals surface area contributed by atoms with Gasteiger partial charge in [0.2, 0.25) is 0 Å². The number of hydrogen-bond acceptors (Lipinski definition) is 4. The van der Waals surface area contributed by atoms with Crippen molar-refractivity contribution in [3.63, 3.8) is 0 Å². The van der Waals surface area contributed by atoms with E-state index in [0.717, 1.165) is 37.9 Å². The summed E-state index contributed by atoms with van der Waals surface area (Å²) in [5, 5.41) is 3.41. The maximum absolute atomic E-state index is 4.80. The molecule has 1 aromatic rings. The van der Waals surface area contributed by atoms with E-state index < -0.39 is 0 Å². The van der Waals surface area contributed by atoms with Crippen LogP contribution in [0.5, 0.6) is 0 Å². The van der Waals surface area contributed by atoms with Crippen LogP contribution in [0.4, 0.5) is 5.82 Å². The molecule has 0 aliphatic carbocycles. The number of aromatic nitrogens is 1. The lowest BCUT2D eigenvalue weighted by atomic mass is 10.1. The minimum atomic E-state index is 0.706. The Kier molecular flexibility index (Phi) is 4.45. The molecule has 1 N–H and O–H groups in total. The van der Waals surface area contributed by atoms with Gasteiger partial charge in [0.05, 0.1) is 0 Å². The van der Waals surface area contributed by atoms with Crippen molar-refractivity contribution in [2.45, 2.75) is 51.7 Å². The predicted octanol–water partition coefficient (Wildman–Crippen LogP) is 2.17. The zero-order valence-electron chi connectivity index (χ0n) is 13.6. The maximum Gasteiger partial charge on any atom is 0.129 e. The lowest BCUT2D eigenvalue weighted by molar-refractivity contribution is 0.254. The molecule has 3 heterocycles. The van der Waals surface area contributed by atoms with E-state index in [0.29, 0.717) is 6.04 Å². The highest BCUT2D eigenvalue weighted by Gasteiger charge is 2.34. The molecule has 2 saturated heterocycles. The van der Waals surface area contributed by atoms with E-state index in [2.05, 4.69) is 48.1 Å². The van der Waals surface area contributed by atoms with Gasteiger partial charge in [-0.15, -0.1) is 0 Å². The number of fused-ring (bicyclic) bond motifs is 2. The summed E-state index contributed by atoms with van der Waals surface area (Å²) >= 11 is 0. The van der Waals surface area contributed by atoms with Crippen molar-refractivity contribution >= 4 is 5.82 Å². The summed E-state index contributed by atoms with van der Waals surface area (Å²) in [7, 11) is 2.30. The number of rotatable bonds is 4. The van der Waals surface area contributed by atoms with Gasteiger partial charge in [0.25, 0.3) is 0 Å². The first-order valence-corrected chi connectivity index (χ1v) is 8.32. The highest BCUT2D eigenvalue weighted by Crippen LogP contribution is 2.30. The summed E-state index contributed by atoms with van der Waals surface area (Å²) in [5.41, 5.74) is 2.48. The molecule has 4 nitrogen and oxygen atoms in total. The third kappa shape index (κ3) is 3.22. The van der Waals surface area contributed by atoms with Crippen LogP contribution in [-0.2, 0) is 6.54 Å². The van der Waals surface area contributed by atoms with Gasteiger partial charge in [0, 0.05) is 37.4 Å². The van der Waals surface area contributed by atoms with Crippen molar-refractivity contribution in [3.8, 4) is 0 Å². The van der Waals surface area contributed by atoms with Crippen LogP contribution in [0.25, 0.3) is 0 Å². The van der Waals surface area contributed by atoms with E-state index in [1.807, 2.05) is 0 Å². The molecule has 0 saturated carbocycles. The molecule has 0 spiro atoms. The van der Waals surface area contributed by atoms with E-state index in [1.54, 1.807) is 0 Å². The lowest BCUT2D eigenvalue weighted by Gasteiger charge is -2.27. The van der Waals surface area contributed by atoms with Crippen LogP contribution >= 0.6 is 0 Å². The fraction of sp³-hybridized carbons (Fsp3) is 0.706. The summed E-state index contributed by atoms with van der Waals surface area (Å²) in [4.78, 5) is 9.89. The molecule has 4 heteroatoms. The second-order valence-corrected chi connectivity index (χ2v) is 6.54. The quantitative estimate of drug-likeness (QED) is 0.920. The van der Waals surface area contributed by atoms with Crippen LogP contribution in [0.1, 0.15) is 37.4 Å². The van der Waals surface area contributed by atoms with Crippen molar-refractivity contribution in [3.05, 3.63) is 23.4 Å². The first-order valence-electron chi connectivity index (χ1n) is 8.32. The first-order chi connectivity index (χ1) is 10.2. The van der Waals surface area contributed by atoms with Crippen molar-refractivity contribution in [2.24, 2.45) is 0 Å². The zero-order valence-corrected chi connectivity index (χ0v) is 13.6. The second-order valence-electron chi connectivity index (χ2n) is 6.54. The fourth-order valence-corrected chi connectivity index (χ4v) is 3.77. The monoisotopic (exact) mass is 288 g/mol. The Morgan fingerprint density at radius 1 is 1.24 bits per heavy atom. The van der Waals surface area contributed by atoms with Gasteiger partial charge in [-0.3, -0.25) is 4.90 Å². The van der Waals surface area contributed by atoms with Gasteiger partial charge < -0.3 is 10.2 Å². The summed E-state index contributed by atoms with van der Waals surface area (Å²) in [6.45, 7) is 8.47. The summed E-state index contributed by atoms with van der Waals surface area (Å²) in [5.74, 6) is 1.17. The highest BCUT2D eigenvalue weighted by atomic mass is 15.3. The molecule has 2 atom stereocenters. The third-order valence-corrected chi connectivity index (χ3v) is 5.05. The summed E-state index contributed by atoms with van der Waals surface area (Å²) in [6, 6.07) is 5.96. The summed E-state index contributed by atoms with van der Waals surface area (Å²) in [6.07, 6.45) is 3.99. The van der Waals surface area contributed by atoms with E-state index in [4.69, 9.17) is 4.98 Å². The van der Waals surface area contributed by atoms with Gasteiger partial charge in [-0.1, -0.05) is 6.92 Å². The summed E-state index contributed by atoms with van der Waals surface area (Å²) < 4.78 is 0. The molecule has 2 aliphatic heterocycles. The molecular weight excluding hydrogens is 260 g/mol. The smallest absolute Gasteiger partial charge is 0.129 e. The Labute approximate surface area is 128 Å². The molecule has 2 unspecified atom stereocenters. The van der Waals surface area contributed by atoms with Gasteiger partial charge >= 0.3 is 0 Å². The highest BCUT2D eigenvalue weighted by molar-refractivity contribution is 5.43. The Bertz CT molecular complexity index is 488. The number of nitrogens with zero attached hydrogens (tertiary/aromatic N) is 3. The van der Waals surface area contributed by atoms with E-state index in [-0.39, 0.29) is 0 Å².